The summed E-state index contributed by atoms with van der Waals surface area (Å²) in [6.07, 6.45) is 1.49. The van der Waals surface area contributed by atoms with Crippen LogP contribution in [-0.4, -0.2) is 10.5 Å². The van der Waals surface area contributed by atoms with Crippen LogP contribution in [-0.2, 0) is 17.9 Å². The van der Waals surface area contributed by atoms with Gasteiger partial charge in [0.15, 0.2) is 0 Å². The molecule has 2 aromatic rings. The maximum Gasteiger partial charge on any atom is 0.265 e. The Morgan fingerprint density at radius 2 is 2.00 bits per heavy atom. The maximum atomic E-state index is 12.0. The van der Waals surface area contributed by atoms with Crippen LogP contribution in [0.5, 0.6) is 0 Å². The molecular formula is C15H16BrN3O2. The molecule has 1 heterocycles. The summed E-state index contributed by atoms with van der Waals surface area (Å²) in [6.45, 7) is 2.12. The fraction of sp³-hybridized carbons (Fsp3) is 0.200. The summed E-state index contributed by atoms with van der Waals surface area (Å²) in [5.41, 5.74) is 7.70. The normalized spacial score (nSPS) is 10.4. The lowest BCUT2D eigenvalue weighted by Gasteiger charge is -2.11. The zero-order valence-corrected chi connectivity index (χ0v) is 13.2. The van der Waals surface area contributed by atoms with E-state index in [1.165, 1.54) is 10.8 Å². The van der Waals surface area contributed by atoms with Crippen molar-refractivity contribution < 1.29 is 4.79 Å². The second kappa shape index (κ2) is 6.58. The molecule has 21 heavy (non-hydrogen) atoms. The molecule has 110 valence electrons. The van der Waals surface area contributed by atoms with Crippen LogP contribution in [0.4, 0.5) is 5.69 Å². The van der Waals surface area contributed by atoms with Crippen LogP contribution >= 0.6 is 15.9 Å². The molecule has 3 N–H and O–H groups in total. The molecule has 0 saturated heterocycles. The quantitative estimate of drug-likeness (QED) is 0.883. The Morgan fingerprint density at radius 1 is 1.33 bits per heavy atom. The highest BCUT2D eigenvalue weighted by atomic mass is 79.9. The molecule has 1 amide bonds. The smallest absolute Gasteiger partial charge is 0.265 e. The van der Waals surface area contributed by atoms with Crippen LogP contribution < -0.4 is 16.6 Å². The molecule has 1 aromatic heterocycles. The Morgan fingerprint density at radius 3 is 2.67 bits per heavy atom. The number of amides is 1. The predicted octanol–water partition coefficient (Wildman–Crippen LogP) is 1.82. The third kappa shape index (κ3) is 3.72. The molecule has 1 aromatic carbocycles. The SMILES string of the molecule is Cc1c(N)cn(CC(=O)NCc2ccccc2)c(=O)c1Br. The fourth-order valence-electron chi connectivity index (χ4n) is 1.86. The van der Waals surface area contributed by atoms with Gasteiger partial charge in [0.1, 0.15) is 6.54 Å². The van der Waals surface area contributed by atoms with E-state index in [0.717, 1.165) is 5.56 Å². The first-order valence-electron chi connectivity index (χ1n) is 6.44. The minimum Gasteiger partial charge on any atom is -0.397 e. The van der Waals surface area contributed by atoms with Gasteiger partial charge in [-0.3, -0.25) is 9.59 Å². The number of halogens is 1. The zero-order valence-electron chi connectivity index (χ0n) is 11.6. The number of rotatable bonds is 4. The second-order valence-electron chi connectivity index (χ2n) is 4.72. The molecule has 0 unspecified atom stereocenters. The fourth-order valence-corrected chi connectivity index (χ4v) is 2.32. The van der Waals surface area contributed by atoms with Crippen LogP contribution in [0.2, 0.25) is 0 Å². The molecule has 0 radical (unpaired) electrons. The summed E-state index contributed by atoms with van der Waals surface area (Å²) in [4.78, 5) is 24.0. The van der Waals surface area contributed by atoms with Gasteiger partial charge in [-0.25, -0.2) is 0 Å². The van der Waals surface area contributed by atoms with Gasteiger partial charge in [0.05, 0.1) is 10.2 Å². The van der Waals surface area contributed by atoms with Gasteiger partial charge in [-0.15, -0.1) is 0 Å². The van der Waals surface area contributed by atoms with E-state index in [1.807, 2.05) is 30.3 Å². The summed E-state index contributed by atoms with van der Waals surface area (Å²) in [7, 11) is 0. The average Bonchev–Trinajstić information content (AvgIpc) is 2.49. The number of carbonyl (C=O) groups is 1. The Hall–Kier alpha value is -2.08. The van der Waals surface area contributed by atoms with Gasteiger partial charge in [-0.2, -0.15) is 0 Å². The Balaban J connectivity index is 2.05. The van der Waals surface area contributed by atoms with Crippen LogP contribution in [0, 0.1) is 6.92 Å². The van der Waals surface area contributed by atoms with Crippen molar-refractivity contribution >= 4 is 27.5 Å². The van der Waals surface area contributed by atoms with Crippen molar-refractivity contribution in [3.8, 4) is 0 Å². The minimum absolute atomic E-state index is 0.0608. The number of nitrogen functional groups attached to an aromatic ring is 1. The number of carbonyl (C=O) groups excluding carboxylic acids is 1. The summed E-state index contributed by atoms with van der Waals surface area (Å²) in [5, 5.41) is 2.77. The molecule has 0 fully saturated rings. The number of nitrogens with one attached hydrogen (secondary N) is 1. The topological polar surface area (TPSA) is 77.1 Å². The molecule has 5 nitrogen and oxygen atoms in total. The molecular weight excluding hydrogens is 334 g/mol. The van der Waals surface area contributed by atoms with E-state index >= 15 is 0 Å². The summed E-state index contributed by atoms with van der Waals surface area (Å²) < 4.78 is 1.69. The van der Waals surface area contributed by atoms with E-state index < -0.39 is 0 Å². The van der Waals surface area contributed by atoms with Crippen LogP contribution in [0.3, 0.4) is 0 Å². The highest BCUT2D eigenvalue weighted by molar-refractivity contribution is 9.10. The van der Waals surface area contributed by atoms with E-state index in [-0.39, 0.29) is 18.0 Å². The molecule has 0 aliphatic rings. The molecule has 0 atom stereocenters. The van der Waals surface area contributed by atoms with E-state index in [4.69, 9.17) is 5.73 Å². The molecule has 6 heteroatoms. The van der Waals surface area contributed by atoms with Gasteiger partial charge >= 0.3 is 0 Å². The number of pyridine rings is 1. The van der Waals surface area contributed by atoms with Crippen LogP contribution in [0.1, 0.15) is 11.1 Å². The third-order valence-electron chi connectivity index (χ3n) is 3.15. The standard InChI is InChI=1S/C15H16BrN3O2/c1-10-12(17)8-19(15(21)14(10)16)9-13(20)18-7-11-5-3-2-4-6-11/h2-6,8H,7,9,17H2,1H3,(H,18,20). The number of nitrogens with two attached hydrogens (primary N) is 1. The Kier molecular flexibility index (Phi) is 4.80. The Labute approximate surface area is 130 Å². The second-order valence-corrected chi connectivity index (χ2v) is 5.51. The van der Waals surface area contributed by atoms with Crippen molar-refractivity contribution in [2.45, 2.75) is 20.0 Å². The summed E-state index contributed by atoms with van der Waals surface area (Å²) in [6, 6.07) is 9.57. The van der Waals surface area contributed by atoms with Crippen LogP contribution in [0.25, 0.3) is 0 Å². The monoisotopic (exact) mass is 349 g/mol. The largest absolute Gasteiger partial charge is 0.397 e. The lowest BCUT2D eigenvalue weighted by atomic mass is 10.2. The van der Waals surface area contributed by atoms with Crippen LogP contribution in [0.15, 0.2) is 45.8 Å². The van der Waals surface area contributed by atoms with Gasteiger partial charge in [-0.05, 0) is 34.0 Å². The third-order valence-corrected chi connectivity index (χ3v) is 4.09. The number of hydrogen-bond donors (Lipinski definition) is 2. The summed E-state index contributed by atoms with van der Waals surface area (Å²) >= 11 is 3.20. The number of aromatic nitrogens is 1. The van der Waals surface area contributed by atoms with Crippen molar-refractivity contribution in [3.63, 3.8) is 0 Å². The molecule has 0 aliphatic heterocycles. The number of hydrogen-bond acceptors (Lipinski definition) is 3. The molecule has 0 bridgehead atoms. The summed E-state index contributed by atoms with van der Waals surface area (Å²) in [5.74, 6) is -0.240. The highest BCUT2D eigenvalue weighted by Crippen LogP contribution is 2.16. The van der Waals surface area contributed by atoms with Gasteiger partial charge in [0, 0.05) is 12.7 Å². The lowest BCUT2D eigenvalue weighted by molar-refractivity contribution is -0.121. The van der Waals surface area contributed by atoms with Gasteiger partial charge in [-0.1, -0.05) is 30.3 Å². The lowest BCUT2D eigenvalue weighted by Crippen LogP contribution is -2.32. The first-order chi connectivity index (χ1) is 9.99. The number of nitrogens with zero attached hydrogens (tertiary/aromatic N) is 1. The first-order valence-corrected chi connectivity index (χ1v) is 7.24. The van der Waals surface area contributed by atoms with Crippen molar-refractivity contribution in [2.75, 3.05) is 5.73 Å². The Bertz CT molecular complexity index is 711. The first kappa shape index (κ1) is 15.3. The molecule has 0 spiro atoms. The van der Waals surface area contributed by atoms with Gasteiger partial charge < -0.3 is 15.6 Å². The molecule has 0 saturated carbocycles. The van der Waals surface area contributed by atoms with Gasteiger partial charge in [0.2, 0.25) is 5.91 Å². The van der Waals surface area contributed by atoms with Crippen molar-refractivity contribution in [1.29, 1.82) is 0 Å². The zero-order chi connectivity index (χ0) is 15.4. The van der Waals surface area contributed by atoms with E-state index in [9.17, 15) is 9.59 Å². The van der Waals surface area contributed by atoms with E-state index in [1.54, 1.807) is 6.92 Å². The van der Waals surface area contributed by atoms with Gasteiger partial charge in [0.25, 0.3) is 5.56 Å². The van der Waals surface area contributed by atoms with Crippen molar-refractivity contribution in [2.24, 2.45) is 0 Å². The average molecular weight is 350 g/mol. The number of benzene rings is 1. The molecule has 2 rings (SSSR count). The molecule has 0 aliphatic carbocycles. The highest BCUT2D eigenvalue weighted by Gasteiger charge is 2.11. The predicted molar refractivity (Wildman–Crippen MR) is 85.8 cm³/mol. The van der Waals surface area contributed by atoms with Crippen molar-refractivity contribution in [1.82, 2.24) is 9.88 Å². The minimum atomic E-state index is -0.267. The van der Waals surface area contributed by atoms with Crippen molar-refractivity contribution in [3.05, 3.63) is 62.5 Å². The maximum absolute atomic E-state index is 12.0. The number of anilines is 1. The van der Waals surface area contributed by atoms with E-state index in [0.29, 0.717) is 22.3 Å². The van der Waals surface area contributed by atoms with E-state index in [2.05, 4.69) is 21.2 Å².